The van der Waals surface area contributed by atoms with Gasteiger partial charge in [-0.1, -0.05) is 16.8 Å². The van der Waals surface area contributed by atoms with E-state index in [2.05, 4.69) is 5.16 Å². The Bertz CT molecular complexity index is 1080. The van der Waals surface area contributed by atoms with Crippen molar-refractivity contribution in [1.82, 2.24) is 15.0 Å². The summed E-state index contributed by atoms with van der Waals surface area (Å²) < 4.78 is 16.5. The number of fused-ring (bicyclic) bond motifs is 3. The molecule has 0 unspecified atom stereocenters. The monoisotopic (exact) mass is 393 g/mol. The fraction of sp³-hybridized carbons (Fsp3) is 0.286. The number of hydrogen-bond donors (Lipinski definition) is 0. The van der Waals surface area contributed by atoms with Crippen molar-refractivity contribution < 1.29 is 23.3 Å². The van der Waals surface area contributed by atoms with Crippen molar-refractivity contribution in [3.05, 3.63) is 59.2 Å². The number of ether oxygens (including phenoxy) is 1. The molecule has 8 heteroatoms. The quantitative estimate of drug-likeness (QED) is 0.665. The summed E-state index contributed by atoms with van der Waals surface area (Å²) in [5.74, 6) is 1.25. The van der Waals surface area contributed by atoms with Crippen LogP contribution < -0.4 is 4.74 Å². The molecule has 1 aromatic carbocycles. The van der Waals surface area contributed by atoms with E-state index < -0.39 is 0 Å². The number of piperazine rings is 1. The van der Waals surface area contributed by atoms with Crippen LogP contribution in [0, 0.1) is 6.92 Å². The van der Waals surface area contributed by atoms with Crippen LogP contribution in [0.2, 0.25) is 0 Å². The molecule has 2 aliphatic rings. The molecular weight excluding hydrogens is 374 g/mol. The lowest BCUT2D eigenvalue weighted by Crippen LogP contribution is -2.50. The van der Waals surface area contributed by atoms with Gasteiger partial charge in [-0.25, -0.2) is 0 Å². The Kier molecular flexibility index (Phi) is 4.12. The van der Waals surface area contributed by atoms with Crippen molar-refractivity contribution in [2.75, 3.05) is 26.2 Å². The van der Waals surface area contributed by atoms with Gasteiger partial charge in [0.2, 0.25) is 0 Å². The first kappa shape index (κ1) is 17.5. The van der Waals surface area contributed by atoms with Crippen molar-refractivity contribution >= 4 is 11.8 Å². The lowest BCUT2D eigenvalue weighted by Gasteiger charge is -2.34. The maximum absolute atomic E-state index is 13.0. The molecule has 2 amide bonds. The standard InChI is InChI=1S/C21H19N3O5/c1-13-4-5-16-14(11-13)19-15(12-28-16)18(22-29-19)21(26)24-8-6-23(7-9-24)20(25)17-3-2-10-27-17/h2-5,10-11H,6-9,12H2,1H3. The summed E-state index contributed by atoms with van der Waals surface area (Å²) in [7, 11) is 0. The fourth-order valence-corrected chi connectivity index (χ4v) is 3.74. The van der Waals surface area contributed by atoms with E-state index in [0.717, 1.165) is 16.9 Å². The molecule has 29 heavy (non-hydrogen) atoms. The average molecular weight is 393 g/mol. The number of carbonyl (C=O) groups excluding carboxylic acids is 2. The number of furan rings is 1. The molecule has 1 saturated heterocycles. The molecule has 1 fully saturated rings. The van der Waals surface area contributed by atoms with Crippen LogP contribution in [-0.2, 0) is 6.61 Å². The Labute approximate surface area is 166 Å². The molecule has 4 heterocycles. The summed E-state index contributed by atoms with van der Waals surface area (Å²) >= 11 is 0. The molecule has 0 spiro atoms. The van der Waals surface area contributed by atoms with Crippen LogP contribution in [-0.4, -0.2) is 52.9 Å². The van der Waals surface area contributed by atoms with E-state index in [4.69, 9.17) is 13.7 Å². The summed E-state index contributed by atoms with van der Waals surface area (Å²) in [4.78, 5) is 28.8. The SMILES string of the molecule is Cc1ccc2c(c1)-c1onc(C(=O)N3CCN(C(=O)c4ccco4)CC3)c1CO2. The summed E-state index contributed by atoms with van der Waals surface area (Å²) in [6.45, 7) is 3.94. The summed E-state index contributed by atoms with van der Waals surface area (Å²) in [5, 5.41) is 4.05. The van der Waals surface area contributed by atoms with Crippen LogP contribution >= 0.6 is 0 Å². The number of hydrogen-bond acceptors (Lipinski definition) is 6. The topological polar surface area (TPSA) is 89.0 Å². The van der Waals surface area contributed by atoms with Crippen molar-refractivity contribution in [3.63, 3.8) is 0 Å². The highest BCUT2D eigenvalue weighted by Gasteiger charge is 2.33. The van der Waals surface area contributed by atoms with Gasteiger partial charge in [-0.05, 0) is 31.2 Å². The van der Waals surface area contributed by atoms with E-state index in [-0.39, 0.29) is 24.1 Å². The van der Waals surface area contributed by atoms with Gasteiger partial charge in [0.1, 0.15) is 12.4 Å². The number of amides is 2. The number of aryl methyl sites for hydroxylation is 1. The Morgan fingerprint density at radius 3 is 2.52 bits per heavy atom. The number of nitrogens with zero attached hydrogens (tertiary/aromatic N) is 3. The van der Waals surface area contributed by atoms with Gasteiger partial charge in [-0.15, -0.1) is 0 Å². The van der Waals surface area contributed by atoms with Gasteiger partial charge in [0, 0.05) is 26.2 Å². The summed E-state index contributed by atoms with van der Waals surface area (Å²) in [5.41, 5.74) is 2.83. The number of rotatable bonds is 2. The molecule has 2 aromatic heterocycles. The van der Waals surface area contributed by atoms with E-state index in [1.807, 2.05) is 25.1 Å². The molecule has 0 aliphatic carbocycles. The largest absolute Gasteiger partial charge is 0.488 e. The van der Waals surface area contributed by atoms with Crippen molar-refractivity contribution in [2.24, 2.45) is 0 Å². The van der Waals surface area contributed by atoms with Gasteiger partial charge >= 0.3 is 0 Å². The maximum atomic E-state index is 13.0. The zero-order chi connectivity index (χ0) is 20.0. The Morgan fingerprint density at radius 1 is 1.03 bits per heavy atom. The minimum Gasteiger partial charge on any atom is -0.488 e. The Hall–Kier alpha value is -3.55. The van der Waals surface area contributed by atoms with Gasteiger partial charge in [-0.2, -0.15) is 0 Å². The first-order chi connectivity index (χ1) is 14.1. The van der Waals surface area contributed by atoms with E-state index >= 15 is 0 Å². The van der Waals surface area contributed by atoms with Crippen LogP contribution in [0.4, 0.5) is 0 Å². The number of aromatic nitrogens is 1. The summed E-state index contributed by atoms with van der Waals surface area (Å²) in [6.07, 6.45) is 1.47. The highest BCUT2D eigenvalue weighted by molar-refractivity contribution is 5.96. The van der Waals surface area contributed by atoms with Crippen LogP contribution in [0.5, 0.6) is 5.75 Å². The molecular formula is C21H19N3O5. The van der Waals surface area contributed by atoms with E-state index in [1.54, 1.807) is 21.9 Å². The van der Waals surface area contributed by atoms with Crippen molar-refractivity contribution in [3.8, 4) is 17.1 Å². The minimum absolute atomic E-state index is 0.165. The third kappa shape index (κ3) is 2.97. The molecule has 0 saturated carbocycles. The van der Waals surface area contributed by atoms with Gasteiger partial charge < -0.3 is 23.5 Å². The van der Waals surface area contributed by atoms with Crippen LogP contribution in [0.1, 0.15) is 32.2 Å². The normalized spacial score (nSPS) is 15.5. The summed E-state index contributed by atoms with van der Waals surface area (Å²) in [6, 6.07) is 9.15. The third-order valence-corrected chi connectivity index (χ3v) is 5.33. The Balaban J connectivity index is 1.32. The highest BCUT2D eigenvalue weighted by atomic mass is 16.5. The Morgan fingerprint density at radius 2 is 1.79 bits per heavy atom. The van der Waals surface area contributed by atoms with Gasteiger partial charge in [0.25, 0.3) is 11.8 Å². The first-order valence-electron chi connectivity index (χ1n) is 9.46. The van der Waals surface area contributed by atoms with E-state index in [0.29, 0.717) is 43.3 Å². The molecule has 0 N–H and O–H groups in total. The molecule has 5 rings (SSSR count). The molecule has 0 radical (unpaired) electrons. The average Bonchev–Trinajstić information content (AvgIpc) is 3.43. The molecule has 3 aromatic rings. The molecule has 148 valence electrons. The lowest BCUT2D eigenvalue weighted by molar-refractivity contribution is 0.0512. The molecule has 8 nitrogen and oxygen atoms in total. The second-order valence-electron chi connectivity index (χ2n) is 7.19. The smallest absolute Gasteiger partial charge is 0.289 e. The number of carbonyl (C=O) groups is 2. The molecule has 0 bridgehead atoms. The fourth-order valence-electron chi connectivity index (χ4n) is 3.74. The molecule has 0 atom stereocenters. The van der Waals surface area contributed by atoms with Crippen LogP contribution in [0.15, 0.2) is 45.5 Å². The van der Waals surface area contributed by atoms with Crippen molar-refractivity contribution in [1.29, 1.82) is 0 Å². The number of benzene rings is 1. The first-order valence-corrected chi connectivity index (χ1v) is 9.46. The third-order valence-electron chi connectivity index (χ3n) is 5.33. The zero-order valence-electron chi connectivity index (χ0n) is 15.9. The minimum atomic E-state index is -0.209. The predicted octanol–water partition coefficient (Wildman–Crippen LogP) is 2.73. The van der Waals surface area contributed by atoms with Gasteiger partial charge in [0.15, 0.2) is 17.2 Å². The highest BCUT2D eigenvalue weighted by Crippen LogP contribution is 2.39. The van der Waals surface area contributed by atoms with E-state index in [1.165, 1.54) is 6.26 Å². The van der Waals surface area contributed by atoms with Gasteiger partial charge in [-0.3, -0.25) is 9.59 Å². The van der Waals surface area contributed by atoms with Crippen LogP contribution in [0.25, 0.3) is 11.3 Å². The van der Waals surface area contributed by atoms with Crippen molar-refractivity contribution in [2.45, 2.75) is 13.5 Å². The van der Waals surface area contributed by atoms with Crippen LogP contribution in [0.3, 0.4) is 0 Å². The molecule has 2 aliphatic heterocycles. The maximum Gasteiger partial charge on any atom is 0.289 e. The second-order valence-corrected chi connectivity index (χ2v) is 7.19. The van der Waals surface area contributed by atoms with E-state index in [9.17, 15) is 9.59 Å². The zero-order valence-corrected chi connectivity index (χ0v) is 15.9. The second kappa shape index (κ2) is 6.80. The predicted molar refractivity (Wildman–Crippen MR) is 102 cm³/mol. The lowest BCUT2D eigenvalue weighted by atomic mass is 10.0. The van der Waals surface area contributed by atoms with Gasteiger partial charge in [0.05, 0.1) is 17.4 Å².